The average Bonchev–Trinajstić information content (AvgIpc) is 3.53. The van der Waals surface area contributed by atoms with Crippen molar-refractivity contribution in [3.8, 4) is 11.3 Å². The third kappa shape index (κ3) is 8.78. The minimum atomic E-state index is -0.579. The van der Waals surface area contributed by atoms with Gasteiger partial charge in [0.15, 0.2) is 11.6 Å². The van der Waals surface area contributed by atoms with E-state index in [2.05, 4.69) is 41.5 Å². The second-order valence-electron chi connectivity index (χ2n) is 18.2. The monoisotopic (exact) mass is 927 g/mol. The second kappa shape index (κ2) is 16.1. The highest BCUT2D eigenvalue weighted by molar-refractivity contribution is 9.10. The Balaban J connectivity index is 0.000000150. The lowest BCUT2D eigenvalue weighted by Gasteiger charge is -2.51. The average molecular weight is 930 g/mol. The van der Waals surface area contributed by atoms with Crippen LogP contribution in [-0.4, -0.2) is 116 Å². The highest BCUT2D eigenvalue weighted by Crippen LogP contribution is 2.45. The minimum Gasteiger partial charge on any atom is -0.444 e. The van der Waals surface area contributed by atoms with E-state index in [1.807, 2.05) is 33.0 Å². The first kappa shape index (κ1) is 43.5. The molecule has 1 unspecified atom stereocenters. The second-order valence-corrected chi connectivity index (χ2v) is 20.1. The number of rotatable bonds is 0. The Morgan fingerprint density at radius 2 is 1.32 bits per heavy atom. The first-order valence-electron chi connectivity index (χ1n) is 19.8. The molecule has 4 amide bonds. The maximum Gasteiger partial charge on any atom is 0.410 e. The fourth-order valence-electron chi connectivity index (χ4n) is 8.31. The fourth-order valence-corrected chi connectivity index (χ4v) is 9.10. The summed E-state index contributed by atoms with van der Waals surface area (Å²) in [5.74, 6) is -0.250. The summed E-state index contributed by atoms with van der Waals surface area (Å²) < 4.78 is 10.7. The molecule has 0 bridgehead atoms. The standard InChI is InChI=1S/C21H23ClN4O3.C12H18N2O4.C9H7BrClNO/c1-20(2,3)29-19(28)26-9-21(10-26)8-24-18(27)15-12-5-4-11-7-23-14(22)6-13(11)16(12)25-17(15)21;1-11(2,3)18-10(17)14-6-12(7-14)5-13-9(16)4-8(12)15;10-7-2-1-5-4-12-8(11)3-6(5)9(7)13/h6-7,25H,4-5,8-10H2,1-3H3,(H,24,27);4-7H2,1-3H3,(H,13,16);3-4,7H,1-2H2. The number of halogens is 3. The molecule has 9 rings (SSSR count). The largest absolute Gasteiger partial charge is 0.444 e. The molecule has 3 aromatic heterocycles. The van der Waals surface area contributed by atoms with Gasteiger partial charge in [0.1, 0.15) is 21.5 Å². The molecule has 1 atom stereocenters. The zero-order chi connectivity index (χ0) is 43.5. The summed E-state index contributed by atoms with van der Waals surface area (Å²) in [4.78, 5) is 86.3. The van der Waals surface area contributed by atoms with Crippen molar-refractivity contribution in [3.63, 3.8) is 0 Å². The Kier molecular flexibility index (Phi) is 11.7. The van der Waals surface area contributed by atoms with Crippen molar-refractivity contribution < 1.29 is 38.2 Å². The molecule has 3 N–H and O–H groups in total. The van der Waals surface area contributed by atoms with Gasteiger partial charge in [-0.1, -0.05) is 39.1 Å². The highest BCUT2D eigenvalue weighted by Gasteiger charge is 2.55. The van der Waals surface area contributed by atoms with Gasteiger partial charge in [-0.3, -0.25) is 19.2 Å². The molecule has 0 aromatic carbocycles. The number of piperidine rings is 1. The number of ketones is 2. The number of amides is 4. The number of hydrogen-bond donors (Lipinski definition) is 3. The van der Waals surface area contributed by atoms with Gasteiger partial charge >= 0.3 is 12.2 Å². The van der Waals surface area contributed by atoms with E-state index in [1.165, 1.54) is 4.90 Å². The molecular formula is C42H48BrCl2N7O8. The third-order valence-electron chi connectivity index (χ3n) is 11.3. The number of nitrogens with zero attached hydrogens (tertiary/aromatic N) is 4. The number of aromatic amines is 1. The number of Topliss-reactive ketones (excluding diaryl/α,β-unsaturated/α-hetero) is 2. The topological polar surface area (TPSA) is 193 Å². The molecule has 2 spiro atoms. The van der Waals surface area contributed by atoms with Gasteiger partial charge in [0.05, 0.1) is 33.3 Å². The summed E-state index contributed by atoms with van der Waals surface area (Å²) in [5, 5.41) is 6.53. The van der Waals surface area contributed by atoms with Crippen molar-refractivity contribution in [2.75, 3.05) is 39.3 Å². The van der Waals surface area contributed by atoms with Crippen LogP contribution in [0.5, 0.6) is 0 Å². The first-order valence-corrected chi connectivity index (χ1v) is 21.5. The van der Waals surface area contributed by atoms with E-state index in [0.717, 1.165) is 64.9 Å². The van der Waals surface area contributed by atoms with Gasteiger partial charge in [0.2, 0.25) is 5.91 Å². The van der Waals surface area contributed by atoms with E-state index in [4.69, 9.17) is 32.7 Å². The van der Waals surface area contributed by atoms with Crippen molar-refractivity contribution in [1.29, 1.82) is 0 Å². The van der Waals surface area contributed by atoms with Crippen molar-refractivity contribution >= 4 is 74.7 Å². The number of hydrogen-bond acceptors (Lipinski definition) is 10. The lowest BCUT2D eigenvalue weighted by molar-refractivity contribution is -0.146. The molecular weight excluding hydrogens is 881 g/mol. The molecule has 15 nitrogen and oxygen atoms in total. The lowest BCUT2D eigenvalue weighted by atomic mass is 9.72. The molecule has 3 saturated heterocycles. The Bertz CT molecular complexity index is 2290. The summed E-state index contributed by atoms with van der Waals surface area (Å²) in [6.07, 6.45) is 6.02. The van der Waals surface area contributed by atoms with Gasteiger partial charge in [-0.05, 0) is 96.0 Å². The van der Waals surface area contributed by atoms with Gasteiger partial charge in [-0.25, -0.2) is 19.6 Å². The molecule has 2 aliphatic carbocycles. The highest BCUT2D eigenvalue weighted by atomic mass is 79.9. The zero-order valence-corrected chi connectivity index (χ0v) is 37.5. The number of carbonyl (C=O) groups is 6. The summed E-state index contributed by atoms with van der Waals surface area (Å²) in [6.45, 7) is 13.5. The van der Waals surface area contributed by atoms with Crippen LogP contribution in [0.2, 0.25) is 10.3 Å². The smallest absolute Gasteiger partial charge is 0.410 e. The SMILES string of the molecule is CC(C)(C)OC(=O)N1CC2(CNC(=O)CC2=O)C1.CC(C)(C)OC(=O)N1CC2(CNC(=O)c3c2[nH]c2c3CCc3cnc(Cl)cc3-2)C1.O=C1c2cc(Cl)ncc2CCC1Br. The van der Waals surface area contributed by atoms with Crippen LogP contribution in [0.1, 0.15) is 97.5 Å². The van der Waals surface area contributed by atoms with Crippen molar-refractivity contribution in [2.24, 2.45) is 5.41 Å². The Morgan fingerprint density at radius 1 is 0.783 bits per heavy atom. The molecule has 4 aliphatic heterocycles. The number of carbonyl (C=O) groups excluding carboxylic acids is 6. The van der Waals surface area contributed by atoms with E-state index in [1.54, 1.807) is 37.9 Å². The van der Waals surface area contributed by atoms with Gasteiger partial charge in [-0.2, -0.15) is 0 Å². The number of pyridine rings is 2. The Hall–Kier alpha value is -4.54. The van der Waals surface area contributed by atoms with Crippen LogP contribution < -0.4 is 10.6 Å². The van der Waals surface area contributed by atoms with Crippen LogP contribution in [0.3, 0.4) is 0 Å². The summed E-state index contributed by atoms with van der Waals surface area (Å²) in [5.41, 5.74) is 5.53. The molecule has 0 radical (unpaired) electrons. The quantitative estimate of drug-likeness (QED) is 0.137. The van der Waals surface area contributed by atoms with Crippen LogP contribution in [0.25, 0.3) is 11.3 Å². The molecule has 320 valence electrons. The summed E-state index contributed by atoms with van der Waals surface area (Å²) in [6, 6.07) is 3.50. The summed E-state index contributed by atoms with van der Waals surface area (Å²) in [7, 11) is 0. The predicted molar refractivity (Wildman–Crippen MR) is 226 cm³/mol. The van der Waals surface area contributed by atoms with E-state index < -0.39 is 22.7 Å². The molecule has 6 aliphatic rings. The van der Waals surface area contributed by atoms with E-state index in [0.29, 0.717) is 55.1 Å². The minimum absolute atomic E-state index is 0.0533. The number of H-pyrrole nitrogens is 1. The Labute approximate surface area is 366 Å². The molecule has 3 fully saturated rings. The van der Waals surface area contributed by atoms with Crippen LogP contribution in [0.4, 0.5) is 9.59 Å². The maximum atomic E-state index is 12.8. The first-order chi connectivity index (χ1) is 28.1. The number of aromatic nitrogens is 3. The van der Waals surface area contributed by atoms with Gasteiger partial charge in [-0.15, -0.1) is 0 Å². The molecule has 18 heteroatoms. The summed E-state index contributed by atoms with van der Waals surface area (Å²) >= 11 is 15.2. The fraction of sp³-hybridized carbons (Fsp3) is 0.524. The number of alkyl halides is 1. The number of likely N-dealkylation sites (tertiary alicyclic amines) is 2. The van der Waals surface area contributed by atoms with Gasteiger partial charge in [0, 0.05) is 68.5 Å². The van der Waals surface area contributed by atoms with E-state index >= 15 is 0 Å². The van der Waals surface area contributed by atoms with E-state index in [9.17, 15) is 28.8 Å². The predicted octanol–water partition coefficient (Wildman–Crippen LogP) is 6.00. The molecule has 60 heavy (non-hydrogen) atoms. The van der Waals surface area contributed by atoms with Crippen molar-refractivity contribution in [1.82, 2.24) is 35.4 Å². The van der Waals surface area contributed by atoms with Crippen molar-refractivity contribution in [2.45, 2.75) is 95.1 Å². The van der Waals surface area contributed by atoms with Gasteiger partial charge in [0.25, 0.3) is 5.91 Å². The Morgan fingerprint density at radius 3 is 1.88 bits per heavy atom. The number of ether oxygens (including phenoxy) is 2. The van der Waals surface area contributed by atoms with Crippen molar-refractivity contribution in [3.05, 3.63) is 68.3 Å². The number of fused-ring (bicyclic) bond motifs is 7. The van der Waals surface area contributed by atoms with Crippen LogP contribution in [-0.2, 0) is 43.7 Å². The van der Waals surface area contributed by atoms with Crippen LogP contribution >= 0.6 is 39.1 Å². The number of nitrogens with one attached hydrogen (secondary N) is 3. The molecule has 3 aromatic rings. The number of aryl methyl sites for hydroxylation is 2. The molecule has 0 saturated carbocycles. The van der Waals surface area contributed by atoms with Crippen LogP contribution in [0, 0.1) is 5.41 Å². The maximum absolute atomic E-state index is 12.8. The van der Waals surface area contributed by atoms with Crippen LogP contribution in [0.15, 0.2) is 24.5 Å². The normalized spacial score (nSPS) is 20.6. The zero-order valence-electron chi connectivity index (χ0n) is 34.4. The lowest BCUT2D eigenvalue weighted by Crippen LogP contribution is -2.68. The van der Waals surface area contributed by atoms with Gasteiger partial charge < -0.3 is 34.9 Å². The molecule has 7 heterocycles. The van der Waals surface area contributed by atoms with E-state index in [-0.39, 0.29) is 46.1 Å². The third-order valence-corrected chi connectivity index (χ3v) is 12.6.